The zero-order valence-electron chi connectivity index (χ0n) is 7.30. The highest BCUT2D eigenvalue weighted by Gasteiger charge is 2.21. The highest BCUT2D eigenvalue weighted by atomic mass is 79.9. The molecule has 0 bridgehead atoms. The van der Waals surface area contributed by atoms with Gasteiger partial charge in [0.1, 0.15) is 0 Å². The molecule has 1 aliphatic rings. The number of halogens is 1. The molecule has 3 heteroatoms. The van der Waals surface area contributed by atoms with Crippen molar-refractivity contribution in [3.05, 3.63) is 28.2 Å². The SMILES string of the molecule is CC1Cc2cc(Br)ccc2NC1=O. The van der Waals surface area contributed by atoms with E-state index in [0.29, 0.717) is 0 Å². The highest BCUT2D eigenvalue weighted by Crippen LogP contribution is 2.27. The first-order valence-corrected chi connectivity index (χ1v) is 5.05. The van der Waals surface area contributed by atoms with Crippen molar-refractivity contribution in [3.63, 3.8) is 0 Å². The first kappa shape index (κ1) is 8.75. The monoisotopic (exact) mass is 239 g/mol. The minimum atomic E-state index is 0.0850. The number of fused-ring (bicyclic) bond motifs is 1. The Balaban J connectivity index is 2.42. The molecule has 0 spiro atoms. The third kappa shape index (κ3) is 1.61. The molecule has 1 N–H and O–H groups in total. The van der Waals surface area contributed by atoms with Crippen LogP contribution >= 0.6 is 15.9 Å². The molecule has 1 aromatic carbocycles. The van der Waals surface area contributed by atoms with Gasteiger partial charge in [-0.1, -0.05) is 22.9 Å². The van der Waals surface area contributed by atoms with Gasteiger partial charge in [0.15, 0.2) is 0 Å². The number of hydrogen-bond donors (Lipinski definition) is 1. The number of rotatable bonds is 0. The Morgan fingerprint density at radius 3 is 3.08 bits per heavy atom. The van der Waals surface area contributed by atoms with Gasteiger partial charge < -0.3 is 5.32 Å². The van der Waals surface area contributed by atoms with Crippen molar-refractivity contribution in [3.8, 4) is 0 Å². The first-order chi connectivity index (χ1) is 6.16. The van der Waals surface area contributed by atoms with Gasteiger partial charge in [0.25, 0.3) is 0 Å². The average Bonchev–Trinajstić information content (AvgIpc) is 2.08. The standard InChI is InChI=1S/C10H10BrNO/c1-6-4-7-5-8(11)2-3-9(7)12-10(6)13/h2-3,5-6H,4H2,1H3,(H,12,13). The van der Waals surface area contributed by atoms with E-state index in [9.17, 15) is 4.79 Å². The molecule has 13 heavy (non-hydrogen) atoms. The Labute approximate surface area is 85.5 Å². The van der Waals surface area contributed by atoms with Crippen LogP contribution in [-0.4, -0.2) is 5.91 Å². The van der Waals surface area contributed by atoms with Crippen LogP contribution in [0.3, 0.4) is 0 Å². The predicted octanol–water partition coefficient (Wildman–Crippen LogP) is 2.58. The van der Waals surface area contributed by atoms with Gasteiger partial charge in [0, 0.05) is 16.1 Å². The summed E-state index contributed by atoms with van der Waals surface area (Å²) in [7, 11) is 0. The van der Waals surface area contributed by atoms with Crippen LogP contribution in [0.5, 0.6) is 0 Å². The Hall–Kier alpha value is -0.830. The van der Waals surface area contributed by atoms with Crippen molar-refractivity contribution in [1.29, 1.82) is 0 Å². The largest absolute Gasteiger partial charge is 0.326 e. The van der Waals surface area contributed by atoms with Gasteiger partial charge >= 0.3 is 0 Å². The molecular weight excluding hydrogens is 230 g/mol. The fourth-order valence-corrected chi connectivity index (χ4v) is 1.94. The fraction of sp³-hybridized carbons (Fsp3) is 0.300. The topological polar surface area (TPSA) is 29.1 Å². The maximum Gasteiger partial charge on any atom is 0.227 e. The van der Waals surface area contributed by atoms with Gasteiger partial charge in [-0.15, -0.1) is 0 Å². The number of nitrogens with one attached hydrogen (secondary N) is 1. The summed E-state index contributed by atoms with van der Waals surface area (Å²) in [5, 5.41) is 2.88. The lowest BCUT2D eigenvalue weighted by Crippen LogP contribution is -2.27. The minimum absolute atomic E-state index is 0.0850. The van der Waals surface area contributed by atoms with Gasteiger partial charge in [0.2, 0.25) is 5.91 Å². The Morgan fingerprint density at radius 2 is 2.31 bits per heavy atom. The highest BCUT2D eigenvalue weighted by molar-refractivity contribution is 9.10. The molecule has 1 unspecified atom stereocenters. The number of benzene rings is 1. The number of amides is 1. The van der Waals surface area contributed by atoms with Crippen LogP contribution in [0.2, 0.25) is 0 Å². The molecule has 68 valence electrons. The second-order valence-corrected chi connectivity index (χ2v) is 4.31. The van der Waals surface area contributed by atoms with E-state index in [-0.39, 0.29) is 11.8 Å². The Bertz CT molecular complexity index is 362. The van der Waals surface area contributed by atoms with Crippen LogP contribution in [0.4, 0.5) is 5.69 Å². The summed E-state index contributed by atoms with van der Waals surface area (Å²) in [5.41, 5.74) is 2.16. The van der Waals surface area contributed by atoms with Crippen molar-refractivity contribution < 1.29 is 4.79 Å². The van der Waals surface area contributed by atoms with E-state index < -0.39 is 0 Å². The van der Waals surface area contributed by atoms with E-state index in [4.69, 9.17) is 0 Å². The van der Waals surface area contributed by atoms with Gasteiger partial charge in [0.05, 0.1) is 0 Å². The zero-order chi connectivity index (χ0) is 9.42. The predicted molar refractivity (Wildman–Crippen MR) is 55.6 cm³/mol. The van der Waals surface area contributed by atoms with E-state index in [1.54, 1.807) is 0 Å². The third-order valence-corrected chi connectivity index (χ3v) is 2.79. The van der Waals surface area contributed by atoms with E-state index in [1.165, 1.54) is 5.56 Å². The Kier molecular flexibility index (Phi) is 2.12. The molecule has 1 aromatic rings. The molecule has 0 fully saturated rings. The first-order valence-electron chi connectivity index (χ1n) is 4.26. The van der Waals surface area contributed by atoms with E-state index in [2.05, 4.69) is 27.3 Å². The summed E-state index contributed by atoms with van der Waals surface area (Å²) < 4.78 is 1.06. The average molecular weight is 240 g/mol. The summed E-state index contributed by atoms with van der Waals surface area (Å²) in [5.74, 6) is 0.205. The van der Waals surface area contributed by atoms with Crippen molar-refractivity contribution in [2.45, 2.75) is 13.3 Å². The maximum absolute atomic E-state index is 11.3. The normalized spacial score (nSPS) is 20.8. The molecule has 0 aliphatic carbocycles. The molecule has 0 aromatic heterocycles. The molecule has 0 radical (unpaired) electrons. The van der Waals surface area contributed by atoms with Crippen LogP contribution in [0.1, 0.15) is 12.5 Å². The van der Waals surface area contributed by atoms with Crippen LogP contribution < -0.4 is 5.32 Å². The second-order valence-electron chi connectivity index (χ2n) is 3.40. The van der Waals surface area contributed by atoms with Crippen LogP contribution in [0.25, 0.3) is 0 Å². The molecular formula is C10H10BrNO. The van der Waals surface area contributed by atoms with Gasteiger partial charge in [-0.3, -0.25) is 4.79 Å². The number of hydrogen-bond acceptors (Lipinski definition) is 1. The van der Waals surface area contributed by atoms with Gasteiger partial charge in [-0.05, 0) is 30.2 Å². The lowest BCUT2D eigenvalue weighted by atomic mass is 9.95. The summed E-state index contributed by atoms with van der Waals surface area (Å²) in [6, 6.07) is 5.93. The summed E-state index contributed by atoms with van der Waals surface area (Å²) in [4.78, 5) is 11.3. The van der Waals surface area contributed by atoms with Crippen LogP contribution in [-0.2, 0) is 11.2 Å². The molecule has 1 heterocycles. The number of carbonyl (C=O) groups excluding carboxylic acids is 1. The molecule has 2 rings (SSSR count). The van der Waals surface area contributed by atoms with Crippen molar-refractivity contribution in [2.75, 3.05) is 5.32 Å². The van der Waals surface area contributed by atoms with Crippen LogP contribution in [0.15, 0.2) is 22.7 Å². The molecule has 1 aliphatic heterocycles. The van der Waals surface area contributed by atoms with E-state index >= 15 is 0 Å². The zero-order valence-corrected chi connectivity index (χ0v) is 8.89. The van der Waals surface area contributed by atoms with Crippen molar-refractivity contribution in [1.82, 2.24) is 0 Å². The second kappa shape index (κ2) is 3.14. The number of carbonyl (C=O) groups is 1. The lowest BCUT2D eigenvalue weighted by molar-refractivity contribution is -0.119. The maximum atomic E-state index is 11.3. The van der Waals surface area contributed by atoms with Gasteiger partial charge in [-0.25, -0.2) is 0 Å². The molecule has 2 nitrogen and oxygen atoms in total. The third-order valence-electron chi connectivity index (χ3n) is 2.30. The minimum Gasteiger partial charge on any atom is -0.326 e. The van der Waals surface area contributed by atoms with Gasteiger partial charge in [-0.2, -0.15) is 0 Å². The molecule has 1 atom stereocenters. The van der Waals surface area contributed by atoms with Crippen LogP contribution in [0, 0.1) is 5.92 Å². The smallest absolute Gasteiger partial charge is 0.227 e. The lowest BCUT2D eigenvalue weighted by Gasteiger charge is -2.21. The van der Waals surface area contributed by atoms with E-state index in [0.717, 1.165) is 16.6 Å². The summed E-state index contributed by atoms with van der Waals surface area (Å²) >= 11 is 3.41. The molecule has 1 amide bonds. The molecule has 0 saturated carbocycles. The van der Waals surface area contributed by atoms with Crippen molar-refractivity contribution in [2.24, 2.45) is 5.92 Å². The summed E-state index contributed by atoms with van der Waals surface area (Å²) in [6.07, 6.45) is 0.834. The quantitative estimate of drug-likeness (QED) is 0.741. The van der Waals surface area contributed by atoms with Crippen molar-refractivity contribution >= 4 is 27.5 Å². The Morgan fingerprint density at radius 1 is 1.54 bits per heavy atom. The fourth-order valence-electron chi connectivity index (χ4n) is 1.53. The van der Waals surface area contributed by atoms with E-state index in [1.807, 2.05) is 19.1 Å². The molecule has 0 saturated heterocycles. The number of anilines is 1. The summed E-state index contributed by atoms with van der Waals surface area (Å²) in [6.45, 7) is 1.94.